The Balaban J connectivity index is -0.0000000798. The summed E-state index contributed by atoms with van der Waals surface area (Å²) in [5.41, 5.74) is 8.20. The van der Waals surface area contributed by atoms with Gasteiger partial charge in [-0.05, 0) is 91.3 Å². The van der Waals surface area contributed by atoms with Gasteiger partial charge in [-0.1, -0.05) is 152 Å². The quantitative estimate of drug-likeness (QED) is 0.130. The van der Waals surface area contributed by atoms with Crippen LogP contribution in [0.2, 0.25) is 0 Å². The van der Waals surface area contributed by atoms with Gasteiger partial charge in [0.2, 0.25) is 0 Å². The number of imidazole rings is 2. The summed E-state index contributed by atoms with van der Waals surface area (Å²) in [7, 11) is 3.94. The molecule has 0 amide bonds. The second-order valence-corrected chi connectivity index (χ2v) is 16.0. The Morgan fingerprint density at radius 3 is 1.20 bits per heavy atom. The van der Waals surface area contributed by atoms with Crippen molar-refractivity contribution in [2.75, 3.05) is 0 Å². The zero-order chi connectivity index (χ0) is 70.5. The second kappa shape index (κ2) is 102. The summed E-state index contributed by atoms with van der Waals surface area (Å²) >= 11 is 4.96. The Kier molecular flexibility index (Phi) is 122. The number of aromatic amines is 3. The molecule has 0 bridgehead atoms. The molecule has 0 saturated carbocycles. The minimum Gasteiger partial charge on any atom is -0.452 e. The van der Waals surface area contributed by atoms with E-state index in [0.29, 0.717) is 0 Å². The van der Waals surface area contributed by atoms with E-state index in [-0.39, 0.29) is 0 Å². The molecule has 0 radical (unpaired) electrons. The van der Waals surface area contributed by atoms with Crippen molar-refractivity contribution in [1.29, 1.82) is 0 Å². The van der Waals surface area contributed by atoms with Gasteiger partial charge in [0.1, 0.15) is 24.1 Å². The molecule has 0 saturated heterocycles. The zero-order valence-corrected chi connectivity index (χ0v) is 64.0. The number of aromatic nitrogens is 13. The molecule has 0 fully saturated rings. The molecule has 88 heavy (non-hydrogen) atoms. The van der Waals surface area contributed by atoms with Gasteiger partial charge >= 0.3 is 0 Å². The molecular weight excluding hydrogens is 1160 g/mol. The lowest BCUT2D eigenvalue weighted by atomic mass is 10.4. The van der Waals surface area contributed by atoms with Crippen LogP contribution in [0.15, 0.2) is 178 Å². The number of rotatable bonds is 0. The topological polar surface area (TPSA) is 200 Å². The van der Waals surface area contributed by atoms with Gasteiger partial charge in [-0.3, -0.25) is 15.0 Å². The average Bonchev–Trinajstić information content (AvgIpc) is 4.40. The summed E-state index contributed by atoms with van der Waals surface area (Å²) in [4.78, 5) is 40.6. The first-order chi connectivity index (χ1) is 42.8. The Bertz CT molecular complexity index is 1840. The van der Waals surface area contributed by atoms with Gasteiger partial charge in [0.25, 0.3) is 0 Å². The minimum atomic E-state index is 0.718. The number of thiazole rings is 3. The third kappa shape index (κ3) is 97.9. The van der Waals surface area contributed by atoms with Crippen LogP contribution in [0.25, 0.3) is 0 Å². The lowest BCUT2D eigenvalue weighted by Crippen LogP contribution is -1.76. The summed E-state index contributed by atoms with van der Waals surface area (Å²) < 4.78 is 17.9. The molecule has 11 aromatic rings. The van der Waals surface area contributed by atoms with E-state index in [0.717, 1.165) is 33.9 Å². The van der Waals surface area contributed by atoms with Crippen molar-refractivity contribution in [1.82, 2.24) is 64.0 Å². The molecule has 0 unspecified atom stereocenters. The van der Waals surface area contributed by atoms with E-state index in [1.165, 1.54) is 28.9 Å². The SMILES string of the molecule is CC.CC.CC.CC.CC.CC.CC.CC.CC.CC.CC.Cc1cc[nH]c1.Cc1ccc[nH]1.Cc1cnco1.Cc1cncs1.Cc1cocn1.Cc1cscn1.Cc1ncc[nH]1.Cc1ncco1.Cc1nccs1.Cn1cccc1.Cn1ccnc1. The van der Waals surface area contributed by atoms with E-state index in [9.17, 15) is 0 Å². The monoisotopic (exact) mass is 1280 g/mol. The minimum absolute atomic E-state index is 0.718. The Morgan fingerprint density at radius 1 is 0.477 bits per heavy atom. The van der Waals surface area contributed by atoms with Crippen molar-refractivity contribution < 1.29 is 13.3 Å². The highest BCUT2D eigenvalue weighted by Gasteiger charge is 1.81. The number of nitrogens with one attached hydrogen (secondary N) is 3. The number of hydrogen-bond acceptors (Lipinski definition) is 14. The fraction of sp³-hybridized carbons (Fsp3) is 0.478. The van der Waals surface area contributed by atoms with Crippen LogP contribution in [0, 0.1) is 62.3 Å². The maximum absolute atomic E-state index is 4.72. The zero-order valence-electron chi connectivity index (χ0n) is 61.5. The van der Waals surface area contributed by atoms with E-state index in [1.54, 1.807) is 97.0 Å². The van der Waals surface area contributed by atoms with Crippen LogP contribution in [-0.2, 0) is 14.1 Å². The number of oxazole rings is 3. The van der Waals surface area contributed by atoms with Crippen LogP contribution in [0.3, 0.4) is 0 Å². The van der Waals surface area contributed by atoms with Gasteiger partial charge in [-0.25, -0.2) is 24.9 Å². The largest absolute Gasteiger partial charge is 0.452 e. The molecule has 11 rings (SSSR count). The molecule has 0 spiro atoms. The maximum atomic E-state index is 4.72. The predicted molar refractivity (Wildman–Crippen MR) is 392 cm³/mol. The number of nitrogens with zero attached hydrogens (tertiary/aromatic N) is 10. The molecule has 11 aromatic heterocycles. The highest BCUT2D eigenvalue weighted by molar-refractivity contribution is 7.09. The highest BCUT2D eigenvalue weighted by atomic mass is 32.1. The van der Waals surface area contributed by atoms with Gasteiger partial charge in [-0.15, -0.1) is 34.0 Å². The summed E-state index contributed by atoms with van der Waals surface area (Å²) in [5.74, 6) is 2.54. The first-order valence-corrected chi connectivity index (χ1v) is 33.8. The lowest BCUT2D eigenvalue weighted by Gasteiger charge is -1.79. The highest BCUT2D eigenvalue weighted by Crippen LogP contribution is 2.00. The fourth-order valence-electron chi connectivity index (χ4n) is 3.61. The second-order valence-electron chi connectivity index (χ2n) is 13.1. The molecule has 506 valence electrons. The Labute approximate surface area is 551 Å². The molecule has 0 atom stereocenters. The van der Waals surface area contributed by atoms with E-state index in [4.69, 9.17) is 8.83 Å². The number of H-pyrrole nitrogens is 3. The predicted octanol–water partition coefficient (Wildman–Crippen LogP) is 23.4. The summed E-state index contributed by atoms with van der Waals surface area (Å²) in [6.07, 6.45) is 31.6. The molecule has 16 nitrogen and oxygen atoms in total. The van der Waals surface area contributed by atoms with Gasteiger partial charge in [0, 0.05) is 116 Å². The standard InChI is InChI=1S/3C5H7N.2C4H6N2.3C4H5NO.3C4H5NS.11C2H6/c1-5-2-3-6-4-5;1-6-4-2-3-5-6;1-5-3-2-4-6-5;1-6-3-2-5-4-6;1-4-5-2-3-6-4;1-4-2-6-3-5-4;1-4-2-5-3-6-4;1-4-5-2-3-6-4;1-4-2-6-3-5-4;1-4-2-5-3-6-4;1-4-5-2-3-6-4;11*1-2/h2-4,6H,1H3;2-5H,1H3;2-4,6H,1H3;2-4H,1H3;2-3H,1H3,(H,5,6);6*2-3H,1H3;11*1-2H3. The Hall–Kier alpha value is -7.22. The molecular formula is C69H129N13O3S3. The van der Waals surface area contributed by atoms with Crippen LogP contribution in [0.4, 0.5) is 0 Å². The van der Waals surface area contributed by atoms with Crippen molar-refractivity contribution in [2.45, 2.75) is 215 Å². The van der Waals surface area contributed by atoms with Gasteiger partial charge < -0.3 is 37.3 Å². The lowest BCUT2D eigenvalue weighted by molar-refractivity contribution is 0.521. The summed E-state index contributed by atoms with van der Waals surface area (Å²) in [6, 6.07) is 10.0. The van der Waals surface area contributed by atoms with Crippen LogP contribution in [-0.4, -0.2) is 64.0 Å². The first-order valence-electron chi connectivity index (χ1n) is 31.1. The molecule has 11 heterocycles. The molecule has 19 heteroatoms. The number of aryl methyl sites for hydroxylation is 11. The van der Waals surface area contributed by atoms with Crippen LogP contribution in [0.5, 0.6) is 0 Å². The van der Waals surface area contributed by atoms with E-state index >= 15 is 0 Å². The van der Waals surface area contributed by atoms with Crippen molar-refractivity contribution >= 4 is 34.0 Å². The van der Waals surface area contributed by atoms with Crippen LogP contribution >= 0.6 is 34.0 Å². The van der Waals surface area contributed by atoms with Crippen molar-refractivity contribution in [3.8, 4) is 0 Å². The van der Waals surface area contributed by atoms with Crippen molar-refractivity contribution in [3.05, 3.63) is 214 Å². The molecule has 0 aromatic carbocycles. The van der Waals surface area contributed by atoms with E-state index < -0.39 is 0 Å². The maximum Gasteiger partial charge on any atom is 0.190 e. The molecule has 0 aliphatic rings. The number of hydrogen-bond donors (Lipinski definition) is 3. The molecule has 3 N–H and O–H groups in total. The van der Waals surface area contributed by atoms with E-state index in [1.807, 2.05) is 320 Å². The van der Waals surface area contributed by atoms with Gasteiger partial charge in [-0.2, -0.15) is 0 Å². The third-order valence-electron chi connectivity index (χ3n) is 6.87. The van der Waals surface area contributed by atoms with Crippen LogP contribution in [0.1, 0.15) is 202 Å². The Morgan fingerprint density at radius 2 is 1.08 bits per heavy atom. The molecule has 0 aliphatic heterocycles. The van der Waals surface area contributed by atoms with Crippen molar-refractivity contribution in [3.63, 3.8) is 0 Å². The van der Waals surface area contributed by atoms with Crippen molar-refractivity contribution in [2.24, 2.45) is 14.1 Å². The fourth-order valence-corrected chi connectivity index (χ4v) is 5.01. The third-order valence-corrected chi connectivity index (χ3v) is 8.98. The molecule has 0 aliphatic carbocycles. The van der Waals surface area contributed by atoms with Gasteiger partial charge in [0.15, 0.2) is 18.7 Å². The van der Waals surface area contributed by atoms with E-state index in [2.05, 4.69) is 66.2 Å². The van der Waals surface area contributed by atoms with Crippen LogP contribution < -0.4 is 0 Å². The smallest absolute Gasteiger partial charge is 0.190 e. The summed E-state index contributed by atoms with van der Waals surface area (Å²) in [5, 5.41) is 5.12. The average molecular weight is 1290 g/mol. The normalized spacial score (nSPS) is 7.38. The first kappa shape index (κ1) is 106. The van der Waals surface area contributed by atoms with Gasteiger partial charge in [0.05, 0.1) is 40.4 Å². The summed E-state index contributed by atoms with van der Waals surface area (Å²) in [6.45, 7) is 61.5.